The Balaban J connectivity index is 1.56. The normalized spacial score (nSPS) is 14.3. The lowest BCUT2D eigenvalue weighted by Crippen LogP contribution is -2.44. The minimum atomic E-state index is 0.0136. The van der Waals surface area contributed by atoms with E-state index in [0.29, 0.717) is 6.54 Å². The molecule has 0 saturated carbocycles. The van der Waals surface area contributed by atoms with Gasteiger partial charge >= 0.3 is 6.03 Å². The van der Waals surface area contributed by atoms with Crippen molar-refractivity contribution in [3.63, 3.8) is 0 Å². The predicted octanol–water partition coefficient (Wildman–Crippen LogP) is 3.74. The Hall–Kier alpha value is -2.14. The lowest BCUT2D eigenvalue weighted by molar-refractivity contribution is 0.202. The quantitative estimate of drug-likeness (QED) is 0.929. The Morgan fingerprint density at radius 3 is 2.57 bits per heavy atom. The van der Waals surface area contributed by atoms with Crippen molar-refractivity contribution in [3.05, 3.63) is 60.2 Å². The molecule has 0 radical (unpaired) electrons. The summed E-state index contributed by atoms with van der Waals surface area (Å²) in [6.07, 6.45) is 0. The van der Waals surface area contributed by atoms with E-state index in [1.165, 1.54) is 0 Å². The van der Waals surface area contributed by atoms with Gasteiger partial charge in [0.05, 0.1) is 0 Å². The maximum atomic E-state index is 12.1. The Morgan fingerprint density at radius 1 is 1.04 bits per heavy atom. The van der Waals surface area contributed by atoms with Crippen LogP contribution in [0.1, 0.15) is 5.56 Å². The Labute approximate surface area is 140 Å². The van der Waals surface area contributed by atoms with Gasteiger partial charge in [-0.3, -0.25) is 0 Å². The van der Waals surface area contributed by atoms with E-state index in [-0.39, 0.29) is 6.03 Å². The molecule has 0 aliphatic carbocycles. The fourth-order valence-corrected chi connectivity index (χ4v) is 3.30. The van der Waals surface area contributed by atoms with Crippen molar-refractivity contribution in [1.82, 2.24) is 10.2 Å². The van der Waals surface area contributed by atoms with Crippen molar-refractivity contribution in [2.45, 2.75) is 6.54 Å². The Kier molecular flexibility index (Phi) is 5.42. The van der Waals surface area contributed by atoms with Crippen LogP contribution < -0.4 is 10.1 Å². The van der Waals surface area contributed by atoms with Crippen molar-refractivity contribution in [3.8, 4) is 11.5 Å². The highest BCUT2D eigenvalue weighted by molar-refractivity contribution is 7.99. The topological polar surface area (TPSA) is 41.6 Å². The molecule has 0 aromatic heterocycles. The van der Waals surface area contributed by atoms with Crippen LogP contribution in [0.2, 0.25) is 0 Å². The molecule has 1 saturated heterocycles. The first-order chi connectivity index (χ1) is 11.3. The van der Waals surface area contributed by atoms with Crippen LogP contribution in [0.3, 0.4) is 0 Å². The highest BCUT2D eigenvalue weighted by Crippen LogP contribution is 2.21. The van der Waals surface area contributed by atoms with Crippen molar-refractivity contribution in [2.75, 3.05) is 24.6 Å². The number of carbonyl (C=O) groups is 1. The zero-order chi connectivity index (χ0) is 15.9. The number of urea groups is 1. The van der Waals surface area contributed by atoms with E-state index in [1.807, 2.05) is 71.3 Å². The summed E-state index contributed by atoms with van der Waals surface area (Å²) in [4.78, 5) is 14.0. The van der Waals surface area contributed by atoms with Gasteiger partial charge in [0.1, 0.15) is 11.5 Å². The second-order valence-electron chi connectivity index (χ2n) is 5.32. The number of nitrogens with zero attached hydrogens (tertiary/aromatic N) is 1. The molecule has 0 atom stereocenters. The summed E-state index contributed by atoms with van der Waals surface area (Å²) in [5.74, 6) is 3.62. The number of thioether (sulfide) groups is 1. The predicted molar refractivity (Wildman–Crippen MR) is 94.1 cm³/mol. The van der Waals surface area contributed by atoms with Gasteiger partial charge in [-0.05, 0) is 29.8 Å². The molecule has 3 rings (SSSR count). The van der Waals surface area contributed by atoms with Crippen LogP contribution in [0.15, 0.2) is 54.6 Å². The molecule has 4 nitrogen and oxygen atoms in total. The van der Waals surface area contributed by atoms with E-state index < -0.39 is 0 Å². The molecule has 23 heavy (non-hydrogen) atoms. The van der Waals surface area contributed by atoms with Crippen LogP contribution in [-0.4, -0.2) is 35.5 Å². The summed E-state index contributed by atoms with van der Waals surface area (Å²) in [7, 11) is 0. The molecule has 120 valence electrons. The standard InChI is InChI=1S/C18H20N2O2S/c21-18(20-9-11-23-12-10-20)19-14-15-5-4-8-17(13-15)22-16-6-2-1-3-7-16/h1-8,13H,9-12,14H2,(H,19,21). The fraction of sp³-hybridized carbons (Fsp3) is 0.278. The second kappa shape index (κ2) is 7.92. The van der Waals surface area contributed by atoms with E-state index in [4.69, 9.17) is 4.74 Å². The van der Waals surface area contributed by atoms with Crippen molar-refractivity contribution in [1.29, 1.82) is 0 Å². The van der Waals surface area contributed by atoms with Crippen LogP contribution >= 0.6 is 11.8 Å². The van der Waals surface area contributed by atoms with Gasteiger partial charge in [0, 0.05) is 31.1 Å². The molecule has 1 heterocycles. The highest BCUT2D eigenvalue weighted by Gasteiger charge is 2.15. The minimum Gasteiger partial charge on any atom is -0.457 e. The number of hydrogen-bond acceptors (Lipinski definition) is 3. The number of hydrogen-bond donors (Lipinski definition) is 1. The highest BCUT2D eigenvalue weighted by atomic mass is 32.2. The maximum Gasteiger partial charge on any atom is 0.317 e. The molecule has 2 amide bonds. The summed E-state index contributed by atoms with van der Waals surface area (Å²) in [5.41, 5.74) is 1.03. The van der Waals surface area contributed by atoms with E-state index in [9.17, 15) is 4.79 Å². The number of ether oxygens (including phenoxy) is 1. The van der Waals surface area contributed by atoms with Gasteiger partial charge in [-0.1, -0.05) is 30.3 Å². The number of amides is 2. The molecule has 0 spiro atoms. The smallest absolute Gasteiger partial charge is 0.317 e. The molecule has 5 heteroatoms. The molecule has 1 aliphatic rings. The SMILES string of the molecule is O=C(NCc1cccc(Oc2ccccc2)c1)N1CCSCC1. The van der Waals surface area contributed by atoms with Crippen LogP contribution in [0.4, 0.5) is 4.79 Å². The van der Waals surface area contributed by atoms with Crippen molar-refractivity contribution < 1.29 is 9.53 Å². The molecular weight excluding hydrogens is 308 g/mol. The fourth-order valence-electron chi connectivity index (χ4n) is 2.40. The van der Waals surface area contributed by atoms with Crippen LogP contribution in [0.25, 0.3) is 0 Å². The molecule has 2 aromatic carbocycles. The van der Waals surface area contributed by atoms with Crippen LogP contribution in [0, 0.1) is 0 Å². The summed E-state index contributed by atoms with van der Waals surface area (Å²) in [6, 6.07) is 17.5. The van der Waals surface area contributed by atoms with E-state index >= 15 is 0 Å². The molecule has 0 bridgehead atoms. The third-order valence-electron chi connectivity index (χ3n) is 3.62. The third kappa shape index (κ3) is 4.66. The van der Waals surface area contributed by atoms with E-state index in [1.54, 1.807) is 0 Å². The van der Waals surface area contributed by atoms with Gasteiger partial charge in [-0.25, -0.2) is 4.79 Å². The molecule has 0 unspecified atom stereocenters. The lowest BCUT2D eigenvalue weighted by Gasteiger charge is -2.26. The number of para-hydroxylation sites is 1. The molecule has 1 fully saturated rings. The van der Waals surface area contributed by atoms with E-state index in [2.05, 4.69) is 5.32 Å². The first-order valence-corrected chi connectivity index (χ1v) is 8.89. The first kappa shape index (κ1) is 15.7. The second-order valence-corrected chi connectivity index (χ2v) is 6.55. The summed E-state index contributed by atoms with van der Waals surface area (Å²) < 4.78 is 5.82. The lowest BCUT2D eigenvalue weighted by atomic mass is 10.2. The maximum absolute atomic E-state index is 12.1. The van der Waals surface area contributed by atoms with Gasteiger partial charge in [0.15, 0.2) is 0 Å². The number of carbonyl (C=O) groups excluding carboxylic acids is 1. The van der Waals surface area contributed by atoms with Crippen molar-refractivity contribution >= 4 is 17.8 Å². The van der Waals surface area contributed by atoms with Gasteiger partial charge in [0.25, 0.3) is 0 Å². The van der Waals surface area contributed by atoms with Crippen LogP contribution in [0.5, 0.6) is 11.5 Å². The van der Waals surface area contributed by atoms with Gasteiger partial charge < -0.3 is 15.0 Å². The summed E-state index contributed by atoms with van der Waals surface area (Å²) in [5, 5.41) is 2.98. The third-order valence-corrected chi connectivity index (χ3v) is 4.56. The average molecular weight is 328 g/mol. The van der Waals surface area contributed by atoms with Gasteiger partial charge in [0.2, 0.25) is 0 Å². The molecular formula is C18H20N2O2S. The van der Waals surface area contributed by atoms with Crippen molar-refractivity contribution in [2.24, 2.45) is 0 Å². The minimum absolute atomic E-state index is 0.0136. The summed E-state index contributed by atoms with van der Waals surface area (Å²) >= 11 is 1.90. The Morgan fingerprint density at radius 2 is 1.78 bits per heavy atom. The average Bonchev–Trinajstić information content (AvgIpc) is 2.62. The molecule has 2 aromatic rings. The zero-order valence-corrected chi connectivity index (χ0v) is 13.7. The molecule has 1 aliphatic heterocycles. The van der Waals surface area contributed by atoms with E-state index in [0.717, 1.165) is 41.7 Å². The van der Waals surface area contributed by atoms with Crippen LogP contribution in [-0.2, 0) is 6.54 Å². The number of benzene rings is 2. The van der Waals surface area contributed by atoms with Gasteiger partial charge in [-0.2, -0.15) is 11.8 Å². The van der Waals surface area contributed by atoms with Gasteiger partial charge in [-0.15, -0.1) is 0 Å². The zero-order valence-electron chi connectivity index (χ0n) is 12.9. The largest absolute Gasteiger partial charge is 0.457 e. The monoisotopic (exact) mass is 328 g/mol. The molecule has 1 N–H and O–H groups in total. The summed E-state index contributed by atoms with van der Waals surface area (Å²) in [6.45, 7) is 2.16. The number of nitrogens with one attached hydrogen (secondary N) is 1. The Bertz CT molecular complexity index is 642. The number of rotatable bonds is 4. The first-order valence-electron chi connectivity index (χ1n) is 7.73.